The highest BCUT2D eigenvalue weighted by molar-refractivity contribution is 7.91. The van der Waals surface area contributed by atoms with Gasteiger partial charge in [-0.3, -0.25) is 19.1 Å². The second-order valence-electron chi connectivity index (χ2n) is 18.0. The number of likely N-dealkylation sites (tertiary alicyclic amines) is 1. The molecule has 0 radical (unpaired) electrons. The summed E-state index contributed by atoms with van der Waals surface area (Å²) in [5.41, 5.74) is -0.804. The number of rotatable bonds is 13. The summed E-state index contributed by atoms with van der Waals surface area (Å²) in [6.45, 7) is 14.2. The van der Waals surface area contributed by atoms with Gasteiger partial charge in [-0.25, -0.2) is 18.2 Å². The monoisotopic (exact) mass is 832 g/mol. The minimum atomic E-state index is -3.93. The molecule has 3 aromatic rings. The van der Waals surface area contributed by atoms with Gasteiger partial charge in [-0.05, 0) is 87.2 Å². The molecule has 4 amide bonds. The maximum absolute atomic E-state index is 14.7. The molecule has 5 unspecified atom stereocenters. The van der Waals surface area contributed by atoms with Crippen LogP contribution in [0.5, 0.6) is 11.6 Å². The standard InChI is InChI=1S/C43H56N6O9S/c1-11-27-23-43(27,39(52)47-59(54,55)31-17-18-31)46-36(50)34-22-30(24-49(34)38(51)35(41(2,3)4)45-40(53)58-42(5,6)7)57-37-32-19-16-29(56-10)20-26(32)21-33(44-37)25-12-14-28(15-13-25)48(8)9/h11-16,19-21,27,30-31,34-35H,1,17-18,22-24H2,2-10H3,(H,45,53)(H,46,50)(H,47,52). The summed E-state index contributed by atoms with van der Waals surface area (Å²) in [5.74, 6) is -1.76. The Morgan fingerprint density at radius 3 is 2.25 bits per heavy atom. The average Bonchev–Trinajstić information content (AvgIpc) is 4.09. The van der Waals surface area contributed by atoms with E-state index in [1.165, 1.54) is 11.0 Å². The summed E-state index contributed by atoms with van der Waals surface area (Å²) < 4.78 is 45.5. The number of ether oxygens (including phenoxy) is 3. The molecule has 1 saturated heterocycles. The van der Waals surface area contributed by atoms with Crippen molar-refractivity contribution in [3.63, 3.8) is 0 Å². The number of carbonyl (C=O) groups excluding carboxylic acids is 4. The van der Waals surface area contributed by atoms with Crippen LogP contribution in [0.25, 0.3) is 22.0 Å². The van der Waals surface area contributed by atoms with E-state index in [1.54, 1.807) is 54.7 Å². The van der Waals surface area contributed by atoms with Crippen molar-refractivity contribution in [1.29, 1.82) is 0 Å². The van der Waals surface area contributed by atoms with E-state index in [4.69, 9.17) is 19.2 Å². The number of pyridine rings is 1. The average molecular weight is 833 g/mol. The van der Waals surface area contributed by atoms with Crippen molar-refractivity contribution in [3.8, 4) is 22.9 Å². The van der Waals surface area contributed by atoms with Crippen LogP contribution in [-0.2, 0) is 29.1 Å². The molecule has 2 heterocycles. The Labute approximate surface area is 346 Å². The Morgan fingerprint density at radius 1 is 1.02 bits per heavy atom. The van der Waals surface area contributed by atoms with Gasteiger partial charge in [0.15, 0.2) is 0 Å². The molecule has 15 nitrogen and oxygen atoms in total. The quantitative estimate of drug-likeness (QED) is 0.198. The fourth-order valence-electron chi connectivity index (χ4n) is 7.29. The third-order valence-electron chi connectivity index (χ3n) is 10.8. The van der Waals surface area contributed by atoms with E-state index >= 15 is 0 Å². The Hall–Kier alpha value is -5.38. The second kappa shape index (κ2) is 16.0. The molecule has 16 heteroatoms. The van der Waals surface area contributed by atoms with E-state index in [2.05, 4.69) is 21.9 Å². The molecule has 0 bridgehead atoms. The maximum atomic E-state index is 14.7. The summed E-state index contributed by atoms with van der Waals surface area (Å²) in [6, 6.07) is 13.0. The summed E-state index contributed by atoms with van der Waals surface area (Å²) in [6.07, 6.45) is 0.918. The first-order valence-corrected chi connectivity index (χ1v) is 21.3. The smallest absolute Gasteiger partial charge is 0.408 e. The number of hydrogen-bond acceptors (Lipinski definition) is 11. The van der Waals surface area contributed by atoms with Gasteiger partial charge in [0.05, 0.1) is 24.6 Å². The second-order valence-corrected chi connectivity index (χ2v) is 19.9. The topological polar surface area (TPSA) is 186 Å². The largest absolute Gasteiger partial charge is 0.497 e. The van der Waals surface area contributed by atoms with Gasteiger partial charge in [-0.1, -0.05) is 39.0 Å². The lowest BCUT2D eigenvalue weighted by Crippen LogP contribution is -2.60. The first-order chi connectivity index (χ1) is 27.5. The number of anilines is 1. The van der Waals surface area contributed by atoms with Crippen molar-refractivity contribution in [2.24, 2.45) is 11.3 Å². The first kappa shape index (κ1) is 43.2. The number of sulfonamides is 1. The Kier molecular flexibility index (Phi) is 11.7. The zero-order valence-corrected chi connectivity index (χ0v) is 36.1. The molecule has 3 aliphatic rings. The molecule has 2 saturated carbocycles. The van der Waals surface area contributed by atoms with Gasteiger partial charge in [0.25, 0.3) is 5.91 Å². The molecule has 3 N–H and O–H groups in total. The number of hydrogen-bond donors (Lipinski definition) is 3. The van der Waals surface area contributed by atoms with E-state index < -0.39 is 79.7 Å². The highest BCUT2D eigenvalue weighted by atomic mass is 32.2. The van der Waals surface area contributed by atoms with Crippen LogP contribution in [0.15, 0.2) is 61.2 Å². The number of fused-ring (bicyclic) bond motifs is 1. The van der Waals surface area contributed by atoms with Gasteiger partial charge in [0.1, 0.15) is 35.1 Å². The van der Waals surface area contributed by atoms with Crippen LogP contribution in [0.4, 0.5) is 10.5 Å². The summed E-state index contributed by atoms with van der Waals surface area (Å²) in [5, 5.41) is 6.34. The maximum Gasteiger partial charge on any atom is 0.408 e. The lowest BCUT2D eigenvalue weighted by Gasteiger charge is -2.36. The molecule has 318 valence electrons. The number of alkyl carbamates (subject to hydrolysis) is 1. The lowest BCUT2D eigenvalue weighted by molar-refractivity contribution is -0.143. The summed E-state index contributed by atoms with van der Waals surface area (Å²) in [4.78, 5) is 64.2. The SMILES string of the molecule is C=CC1CC1(NC(=O)C1CC(Oc2nc(-c3ccc(N(C)C)cc3)cc3cc(OC)ccc23)CN1C(=O)C(NC(=O)OC(C)(C)C)C(C)(C)C)C(=O)NS(=O)(=O)C1CC1. The predicted molar refractivity (Wildman–Crippen MR) is 224 cm³/mol. The molecular formula is C43H56N6O9S. The molecule has 1 aromatic heterocycles. The number of nitrogens with one attached hydrogen (secondary N) is 3. The normalized spacial score (nSPS) is 22.2. The third-order valence-corrected chi connectivity index (χ3v) is 12.7. The number of benzene rings is 2. The molecule has 3 fully saturated rings. The number of aromatic nitrogens is 1. The van der Waals surface area contributed by atoms with Crippen LogP contribution in [0, 0.1) is 11.3 Å². The predicted octanol–water partition coefficient (Wildman–Crippen LogP) is 4.93. The molecule has 0 spiro atoms. The minimum Gasteiger partial charge on any atom is -0.497 e. The van der Waals surface area contributed by atoms with E-state index in [0.717, 1.165) is 16.6 Å². The van der Waals surface area contributed by atoms with Gasteiger partial charge in [0, 0.05) is 43.1 Å². The van der Waals surface area contributed by atoms with Crippen molar-refractivity contribution in [2.45, 2.75) is 102 Å². The van der Waals surface area contributed by atoms with Crippen LogP contribution in [0.3, 0.4) is 0 Å². The lowest BCUT2D eigenvalue weighted by atomic mass is 9.85. The van der Waals surface area contributed by atoms with Crippen LogP contribution < -0.4 is 29.7 Å². The summed E-state index contributed by atoms with van der Waals surface area (Å²) >= 11 is 0. The van der Waals surface area contributed by atoms with Crippen molar-refractivity contribution in [1.82, 2.24) is 25.2 Å². The Bertz CT molecular complexity index is 2250. The van der Waals surface area contributed by atoms with Crippen LogP contribution >= 0.6 is 0 Å². The summed E-state index contributed by atoms with van der Waals surface area (Å²) in [7, 11) is 1.57. The van der Waals surface area contributed by atoms with Crippen LogP contribution in [-0.4, -0.2) is 104 Å². The number of amides is 4. The van der Waals surface area contributed by atoms with Gasteiger partial charge >= 0.3 is 6.09 Å². The molecule has 5 atom stereocenters. The van der Waals surface area contributed by atoms with E-state index in [-0.39, 0.29) is 25.3 Å². The fraction of sp³-hybridized carbons (Fsp3) is 0.512. The van der Waals surface area contributed by atoms with Gasteiger partial charge in [0.2, 0.25) is 27.7 Å². The Morgan fingerprint density at radius 2 is 1.69 bits per heavy atom. The van der Waals surface area contributed by atoms with Gasteiger partial charge in [-0.15, -0.1) is 6.58 Å². The molecule has 2 aromatic carbocycles. The molecule has 2 aliphatic carbocycles. The van der Waals surface area contributed by atoms with Crippen LogP contribution in [0.2, 0.25) is 0 Å². The van der Waals surface area contributed by atoms with Crippen molar-refractivity contribution in [3.05, 3.63) is 61.2 Å². The Balaban J connectivity index is 1.35. The van der Waals surface area contributed by atoms with E-state index in [0.29, 0.717) is 29.7 Å². The zero-order valence-electron chi connectivity index (χ0n) is 35.2. The van der Waals surface area contributed by atoms with Crippen molar-refractivity contribution in [2.75, 3.05) is 32.6 Å². The van der Waals surface area contributed by atoms with Crippen molar-refractivity contribution >= 4 is 50.3 Å². The van der Waals surface area contributed by atoms with E-state index in [9.17, 15) is 27.6 Å². The van der Waals surface area contributed by atoms with Crippen molar-refractivity contribution < 1.29 is 41.8 Å². The van der Waals surface area contributed by atoms with E-state index in [1.807, 2.05) is 61.5 Å². The zero-order chi connectivity index (χ0) is 43.2. The van der Waals surface area contributed by atoms with Crippen LogP contribution in [0.1, 0.15) is 67.2 Å². The number of methoxy groups -OCH3 is 1. The first-order valence-electron chi connectivity index (χ1n) is 19.8. The molecule has 1 aliphatic heterocycles. The number of nitrogens with zero attached hydrogens (tertiary/aromatic N) is 3. The highest BCUT2D eigenvalue weighted by Gasteiger charge is 2.62. The molecule has 6 rings (SSSR count). The fourth-order valence-corrected chi connectivity index (χ4v) is 8.65. The van der Waals surface area contributed by atoms with Gasteiger partial charge < -0.3 is 34.6 Å². The number of carbonyl (C=O) groups is 4. The minimum absolute atomic E-state index is 0.0151. The third kappa shape index (κ3) is 9.58. The highest BCUT2D eigenvalue weighted by Crippen LogP contribution is 2.46. The van der Waals surface area contributed by atoms with Gasteiger partial charge in [-0.2, -0.15) is 0 Å². The molecule has 59 heavy (non-hydrogen) atoms. The molecular weight excluding hydrogens is 777 g/mol.